The molecule has 0 amide bonds. The number of halogens is 1. The van der Waals surface area contributed by atoms with Gasteiger partial charge in [-0.25, -0.2) is 4.98 Å². The summed E-state index contributed by atoms with van der Waals surface area (Å²) in [6.07, 6.45) is 2.54. The lowest BCUT2D eigenvalue weighted by atomic mass is 10.1. The topological polar surface area (TPSA) is 38.9 Å². The Labute approximate surface area is 85.7 Å². The van der Waals surface area contributed by atoms with Gasteiger partial charge in [0.25, 0.3) is 0 Å². The van der Waals surface area contributed by atoms with E-state index >= 15 is 0 Å². The quantitative estimate of drug-likeness (QED) is 0.662. The molecule has 12 heavy (non-hydrogen) atoms. The van der Waals surface area contributed by atoms with Crippen LogP contribution in [-0.2, 0) is 0 Å². The van der Waals surface area contributed by atoms with E-state index in [-0.39, 0.29) is 6.04 Å². The first-order chi connectivity index (χ1) is 5.77. The second-order valence-corrected chi connectivity index (χ2v) is 4.35. The highest BCUT2D eigenvalue weighted by Crippen LogP contribution is 2.38. The Hall–Kier alpha value is -0.160. The Bertz CT molecular complexity index is 284. The number of hydrogen-bond acceptors (Lipinski definition) is 2. The molecular weight excluding hydrogens is 263 g/mol. The van der Waals surface area contributed by atoms with Crippen molar-refractivity contribution in [2.75, 3.05) is 0 Å². The van der Waals surface area contributed by atoms with Crippen molar-refractivity contribution in [1.29, 1.82) is 0 Å². The molecule has 1 heterocycles. The lowest BCUT2D eigenvalue weighted by Crippen LogP contribution is -2.14. The van der Waals surface area contributed by atoms with Crippen LogP contribution < -0.4 is 5.73 Å². The maximum Gasteiger partial charge on any atom is 0.101 e. The van der Waals surface area contributed by atoms with Crippen LogP contribution in [0.3, 0.4) is 0 Å². The molecule has 1 aliphatic carbocycles. The third-order valence-electron chi connectivity index (χ3n) is 2.21. The van der Waals surface area contributed by atoms with Crippen LogP contribution in [0.1, 0.15) is 24.6 Å². The molecule has 0 aliphatic heterocycles. The van der Waals surface area contributed by atoms with Crippen molar-refractivity contribution in [2.45, 2.75) is 18.9 Å². The molecule has 0 aromatic carbocycles. The van der Waals surface area contributed by atoms with Crippen molar-refractivity contribution in [1.82, 2.24) is 4.98 Å². The van der Waals surface area contributed by atoms with Crippen LogP contribution in [0.25, 0.3) is 0 Å². The molecule has 0 unspecified atom stereocenters. The normalized spacial score (nSPS) is 19.2. The fourth-order valence-electron chi connectivity index (χ4n) is 1.31. The highest BCUT2D eigenvalue weighted by molar-refractivity contribution is 14.1. The van der Waals surface area contributed by atoms with Crippen LogP contribution in [0, 0.1) is 9.62 Å². The zero-order valence-corrected chi connectivity index (χ0v) is 8.86. The van der Waals surface area contributed by atoms with Crippen LogP contribution in [-0.4, -0.2) is 4.98 Å². The number of nitrogens with two attached hydrogens (primary N) is 1. The molecule has 64 valence electrons. The predicted molar refractivity (Wildman–Crippen MR) is 56.6 cm³/mol. The monoisotopic (exact) mass is 274 g/mol. The zero-order chi connectivity index (χ0) is 8.55. The lowest BCUT2D eigenvalue weighted by Gasteiger charge is -2.08. The van der Waals surface area contributed by atoms with Crippen LogP contribution in [0.4, 0.5) is 0 Å². The Balaban J connectivity index is 2.20. The first kappa shape index (κ1) is 8.44. The molecule has 0 spiro atoms. The first-order valence-corrected chi connectivity index (χ1v) is 5.23. The van der Waals surface area contributed by atoms with Gasteiger partial charge in [-0.05, 0) is 53.5 Å². The molecule has 1 saturated carbocycles. The maximum absolute atomic E-state index is 6.00. The molecule has 2 nitrogen and oxygen atoms in total. The molecule has 0 bridgehead atoms. The number of aromatic nitrogens is 1. The number of rotatable bonds is 2. The molecule has 1 aromatic rings. The van der Waals surface area contributed by atoms with Crippen LogP contribution in [0.15, 0.2) is 18.2 Å². The number of nitrogens with zero attached hydrogens (tertiary/aromatic N) is 1. The second kappa shape index (κ2) is 3.30. The summed E-state index contributed by atoms with van der Waals surface area (Å²) in [6.45, 7) is 0. The molecule has 1 fully saturated rings. The van der Waals surface area contributed by atoms with Gasteiger partial charge in [0.2, 0.25) is 0 Å². The summed E-state index contributed by atoms with van der Waals surface area (Å²) < 4.78 is 1.03. The Kier molecular flexibility index (Phi) is 2.32. The van der Waals surface area contributed by atoms with Gasteiger partial charge in [-0.2, -0.15) is 0 Å². The van der Waals surface area contributed by atoms with Gasteiger partial charge in [-0.15, -0.1) is 0 Å². The molecule has 1 atom stereocenters. The van der Waals surface area contributed by atoms with E-state index in [1.807, 2.05) is 18.2 Å². The van der Waals surface area contributed by atoms with Gasteiger partial charge in [0, 0.05) is 6.04 Å². The molecule has 2 rings (SSSR count). The van der Waals surface area contributed by atoms with E-state index < -0.39 is 0 Å². The molecule has 2 N–H and O–H groups in total. The minimum absolute atomic E-state index is 0.166. The van der Waals surface area contributed by atoms with Crippen molar-refractivity contribution < 1.29 is 0 Å². The summed E-state index contributed by atoms with van der Waals surface area (Å²) in [7, 11) is 0. The van der Waals surface area contributed by atoms with Crippen molar-refractivity contribution in [3.05, 3.63) is 27.6 Å². The van der Waals surface area contributed by atoms with E-state index in [9.17, 15) is 0 Å². The summed E-state index contributed by atoms with van der Waals surface area (Å²) >= 11 is 2.22. The third-order valence-corrected chi connectivity index (χ3v) is 2.81. The van der Waals surface area contributed by atoms with Crippen molar-refractivity contribution in [3.8, 4) is 0 Å². The molecular formula is C9H11IN2. The van der Waals surface area contributed by atoms with Crippen LogP contribution in [0.2, 0.25) is 0 Å². The average Bonchev–Trinajstić information content (AvgIpc) is 2.85. The van der Waals surface area contributed by atoms with Crippen molar-refractivity contribution >= 4 is 22.6 Å². The summed E-state index contributed by atoms with van der Waals surface area (Å²) in [6, 6.07) is 6.20. The van der Waals surface area contributed by atoms with E-state index in [4.69, 9.17) is 5.73 Å². The van der Waals surface area contributed by atoms with E-state index in [2.05, 4.69) is 27.6 Å². The van der Waals surface area contributed by atoms with E-state index in [1.165, 1.54) is 12.8 Å². The van der Waals surface area contributed by atoms with Gasteiger partial charge in [-0.3, -0.25) is 0 Å². The Morgan fingerprint density at radius 3 is 2.83 bits per heavy atom. The van der Waals surface area contributed by atoms with Crippen LogP contribution >= 0.6 is 22.6 Å². The molecule has 3 heteroatoms. The largest absolute Gasteiger partial charge is 0.322 e. The maximum atomic E-state index is 6.00. The van der Waals surface area contributed by atoms with Gasteiger partial charge in [0.1, 0.15) is 3.70 Å². The fourth-order valence-corrected chi connectivity index (χ4v) is 1.79. The number of pyridine rings is 1. The minimum atomic E-state index is 0.166. The minimum Gasteiger partial charge on any atom is -0.322 e. The summed E-state index contributed by atoms with van der Waals surface area (Å²) in [5, 5.41) is 0. The molecule has 0 saturated heterocycles. The second-order valence-electron chi connectivity index (χ2n) is 3.25. The average molecular weight is 274 g/mol. The highest BCUT2D eigenvalue weighted by atomic mass is 127. The SMILES string of the molecule is N[C@@H](c1cccc(I)n1)C1CC1. The van der Waals surface area contributed by atoms with Gasteiger partial charge < -0.3 is 5.73 Å². The smallest absolute Gasteiger partial charge is 0.101 e. The Morgan fingerprint density at radius 2 is 2.25 bits per heavy atom. The number of hydrogen-bond donors (Lipinski definition) is 1. The van der Waals surface area contributed by atoms with E-state index in [0.717, 1.165) is 9.39 Å². The van der Waals surface area contributed by atoms with Gasteiger partial charge in [0.15, 0.2) is 0 Å². The summed E-state index contributed by atoms with van der Waals surface area (Å²) in [4.78, 5) is 4.40. The predicted octanol–water partition coefficient (Wildman–Crippen LogP) is 2.10. The van der Waals surface area contributed by atoms with E-state index in [1.54, 1.807) is 0 Å². The first-order valence-electron chi connectivity index (χ1n) is 4.15. The van der Waals surface area contributed by atoms with Crippen molar-refractivity contribution in [2.24, 2.45) is 11.7 Å². The molecule has 1 aromatic heterocycles. The van der Waals surface area contributed by atoms with E-state index in [0.29, 0.717) is 5.92 Å². The van der Waals surface area contributed by atoms with Crippen LogP contribution in [0.5, 0.6) is 0 Å². The summed E-state index contributed by atoms with van der Waals surface area (Å²) in [5.74, 6) is 0.690. The zero-order valence-electron chi connectivity index (χ0n) is 6.70. The standard InChI is InChI=1S/C9H11IN2/c10-8-3-1-2-7(12-8)9(11)6-4-5-6/h1-3,6,9H,4-5,11H2/t9-/m1/s1. The fraction of sp³-hybridized carbons (Fsp3) is 0.444. The lowest BCUT2D eigenvalue weighted by molar-refractivity contribution is 0.613. The molecule has 0 radical (unpaired) electrons. The van der Waals surface area contributed by atoms with Gasteiger partial charge in [0.05, 0.1) is 5.69 Å². The van der Waals surface area contributed by atoms with Gasteiger partial charge in [-0.1, -0.05) is 6.07 Å². The Morgan fingerprint density at radius 1 is 1.50 bits per heavy atom. The third kappa shape index (κ3) is 1.77. The van der Waals surface area contributed by atoms with Crippen molar-refractivity contribution in [3.63, 3.8) is 0 Å². The highest BCUT2D eigenvalue weighted by Gasteiger charge is 2.30. The molecule has 1 aliphatic rings. The summed E-state index contributed by atoms with van der Waals surface area (Å²) in [5.41, 5.74) is 7.05. The van der Waals surface area contributed by atoms with Gasteiger partial charge >= 0.3 is 0 Å².